The number of anilines is 2. The highest BCUT2D eigenvalue weighted by molar-refractivity contribution is 7.19. The van der Waals surface area contributed by atoms with Crippen LogP contribution >= 0.6 is 11.3 Å². The predicted octanol–water partition coefficient (Wildman–Crippen LogP) is 2.25. The Bertz CT molecular complexity index is 450. The number of nitrogens with zero attached hydrogens (tertiary/aromatic N) is 4. The monoisotopic (exact) mass is 268 g/mol. The molecule has 0 bridgehead atoms. The van der Waals surface area contributed by atoms with E-state index in [4.69, 9.17) is 0 Å². The van der Waals surface area contributed by atoms with Gasteiger partial charge >= 0.3 is 5.00 Å². The van der Waals surface area contributed by atoms with E-state index in [1.165, 1.54) is 11.3 Å². The van der Waals surface area contributed by atoms with Crippen molar-refractivity contribution in [3.8, 4) is 0 Å². The molecule has 0 N–H and O–H groups in total. The molecule has 0 amide bonds. The first-order valence-corrected chi connectivity index (χ1v) is 7.22. The Morgan fingerprint density at radius 3 is 2.17 bits per heavy atom. The van der Waals surface area contributed by atoms with Crippen molar-refractivity contribution < 1.29 is 4.92 Å². The second-order valence-corrected chi connectivity index (χ2v) is 5.73. The molecule has 98 valence electrons. The van der Waals surface area contributed by atoms with Crippen LogP contribution in [0.25, 0.3) is 0 Å². The highest BCUT2D eigenvalue weighted by Crippen LogP contribution is 2.40. The van der Waals surface area contributed by atoms with Crippen LogP contribution in [0.1, 0.15) is 25.7 Å². The van der Waals surface area contributed by atoms with Gasteiger partial charge in [0.25, 0.3) is 0 Å². The van der Waals surface area contributed by atoms with Gasteiger partial charge in [0.2, 0.25) is 5.82 Å². The third-order valence-corrected chi connectivity index (χ3v) is 4.59. The first-order chi connectivity index (χ1) is 8.75. The largest absolute Gasteiger partial charge is 0.369 e. The standard InChI is InChI=1S/C11H16N4O2S/c16-15(17)10-9(13-5-1-2-6-13)12-11(18-10)14-7-3-4-8-14/h1-8H2. The summed E-state index contributed by atoms with van der Waals surface area (Å²) >= 11 is 1.23. The van der Waals surface area contributed by atoms with E-state index in [1.54, 1.807) is 0 Å². The summed E-state index contributed by atoms with van der Waals surface area (Å²) in [4.78, 5) is 19.6. The lowest BCUT2D eigenvalue weighted by atomic mass is 10.4. The van der Waals surface area contributed by atoms with Gasteiger partial charge < -0.3 is 9.80 Å². The lowest BCUT2D eigenvalue weighted by Gasteiger charge is -2.14. The van der Waals surface area contributed by atoms with E-state index in [1.807, 2.05) is 4.90 Å². The predicted molar refractivity (Wildman–Crippen MR) is 71.7 cm³/mol. The molecule has 0 saturated carbocycles. The molecule has 0 atom stereocenters. The molecule has 3 rings (SSSR count). The zero-order valence-electron chi connectivity index (χ0n) is 10.2. The molecule has 18 heavy (non-hydrogen) atoms. The van der Waals surface area contributed by atoms with Crippen LogP contribution in [0.15, 0.2) is 0 Å². The Kier molecular flexibility index (Phi) is 3.07. The quantitative estimate of drug-likeness (QED) is 0.621. The van der Waals surface area contributed by atoms with Crippen LogP contribution in [0.5, 0.6) is 0 Å². The molecule has 2 aliphatic rings. The molecule has 7 heteroatoms. The number of rotatable bonds is 3. The summed E-state index contributed by atoms with van der Waals surface area (Å²) in [6.45, 7) is 3.74. The Hall–Kier alpha value is -1.37. The minimum absolute atomic E-state index is 0.207. The minimum Gasteiger partial charge on any atom is -0.350 e. The van der Waals surface area contributed by atoms with Gasteiger partial charge in [-0.3, -0.25) is 10.1 Å². The first-order valence-electron chi connectivity index (χ1n) is 6.41. The van der Waals surface area contributed by atoms with Gasteiger partial charge in [0.15, 0.2) is 5.13 Å². The number of aromatic nitrogens is 1. The SMILES string of the molecule is O=[N+]([O-])c1sc(N2CCCC2)nc1N1CCCC1. The lowest BCUT2D eigenvalue weighted by Crippen LogP contribution is -2.20. The van der Waals surface area contributed by atoms with Crippen LogP contribution in [0.3, 0.4) is 0 Å². The molecule has 0 aliphatic carbocycles. The van der Waals surface area contributed by atoms with E-state index < -0.39 is 0 Å². The Morgan fingerprint density at radius 1 is 1.06 bits per heavy atom. The first kappa shape index (κ1) is 11.7. The molecule has 0 radical (unpaired) electrons. The van der Waals surface area contributed by atoms with Gasteiger partial charge in [-0.2, -0.15) is 4.98 Å². The zero-order valence-corrected chi connectivity index (χ0v) is 11.0. The maximum atomic E-state index is 11.1. The van der Waals surface area contributed by atoms with Gasteiger partial charge in [-0.05, 0) is 37.0 Å². The molecule has 6 nitrogen and oxygen atoms in total. The van der Waals surface area contributed by atoms with E-state index in [0.717, 1.165) is 57.0 Å². The fourth-order valence-corrected chi connectivity index (χ4v) is 3.55. The van der Waals surface area contributed by atoms with Gasteiger partial charge in [0.1, 0.15) is 0 Å². The minimum atomic E-state index is -0.287. The van der Waals surface area contributed by atoms with Crippen molar-refractivity contribution in [2.75, 3.05) is 36.0 Å². The Morgan fingerprint density at radius 2 is 1.61 bits per heavy atom. The van der Waals surface area contributed by atoms with Crippen LogP contribution in [0.4, 0.5) is 16.0 Å². The second kappa shape index (κ2) is 4.72. The summed E-state index contributed by atoms with van der Waals surface area (Å²) in [5, 5.41) is 12.2. The van der Waals surface area contributed by atoms with Gasteiger partial charge in [0, 0.05) is 26.2 Å². The lowest BCUT2D eigenvalue weighted by molar-refractivity contribution is -0.379. The van der Waals surface area contributed by atoms with Crippen LogP contribution < -0.4 is 9.80 Å². The Balaban J connectivity index is 1.92. The molecule has 1 aromatic rings. The summed E-state index contributed by atoms with van der Waals surface area (Å²) in [6, 6.07) is 0. The number of hydrogen-bond acceptors (Lipinski definition) is 6. The van der Waals surface area contributed by atoms with Crippen molar-refractivity contribution in [2.45, 2.75) is 25.7 Å². The molecule has 1 aromatic heterocycles. The van der Waals surface area contributed by atoms with E-state index in [2.05, 4.69) is 9.88 Å². The molecular formula is C11H16N4O2S. The van der Waals surface area contributed by atoms with Crippen molar-refractivity contribution in [1.29, 1.82) is 0 Å². The molecular weight excluding hydrogens is 252 g/mol. The van der Waals surface area contributed by atoms with E-state index >= 15 is 0 Å². The van der Waals surface area contributed by atoms with Crippen molar-refractivity contribution in [3.63, 3.8) is 0 Å². The summed E-state index contributed by atoms with van der Waals surface area (Å²) in [7, 11) is 0. The maximum absolute atomic E-state index is 11.1. The van der Waals surface area contributed by atoms with Gasteiger partial charge in [-0.1, -0.05) is 0 Å². The van der Waals surface area contributed by atoms with Crippen LogP contribution in [-0.2, 0) is 0 Å². The average Bonchev–Trinajstić information content (AvgIpc) is 3.10. The van der Waals surface area contributed by atoms with E-state index in [-0.39, 0.29) is 9.92 Å². The fourth-order valence-electron chi connectivity index (χ4n) is 2.59. The van der Waals surface area contributed by atoms with Gasteiger partial charge in [0.05, 0.1) is 4.92 Å². The zero-order chi connectivity index (χ0) is 12.5. The number of thiazole rings is 1. The highest BCUT2D eigenvalue weighted by atomic mass is 32.1. The third kappa shape index (κ3) is 2.03. The van der Waals surface area contributed by atoms with Crippen LogP contribution in [0, 0.1) is 10.1 Å². The van der Waals surface area contributed by atoms with Gasteiger partial charge in [-0.25, -0.2) is 0 Å². The third-order valence-electron chi connectivity index (χ3n) is 3.53. The number of hydrogen-bond donors (Lipinski definition) is 0. The molecule has 0 unspecified atom stereocenters. The number of nitro groups is 1. The van der Waals surface area contributed by atoms with Crippen molar-refractivity contribution in [2.24, 2.45) is 0 Å². The smallest absolute Gasteiger partial charge is 0.350 e. The fraction of sp³-hybridized carbons (Fsp3) is 0.727. The summed E-state index contributed by atoms with van der Waals surface area (Å²) < 4.78 is 0. The highest BCUT2D eigenvalue weighted by Gasteiger charge is 2.30. The summed E-state index contributed by atoms with van der Waals surface area (Å²) in [5.41, 5.74) is 0. The molecule has 0 spiro atoms. The van der Waals surface area contributed by atoms with Crippen LogP contribution in [0.2, 0.25) is 0 Å². The van der Waals surface area contributed by atoms with Crippen molar-refractivity contribution in [3.05, 3.63) is 10.1 Å². The second-order valence-electron chi connectivity index (χ2n) is 4.77. The van der Waals surface area contributed by atoms with Crippen molar-refractivity contribution in [1.82, 2.24) is 4.98 Å². The normalized spacial score (nSPS) is 19.8. The van der Waals surface area contributed by atoms with Crippen molar-refractivity contribution >= 4 is 27.3 Å². The van der Waals surface area contributed by atoms with E-state index in [9.17, 15) is 10.1 Å². The Labute approximate surface area is 109 Å². The molecule has 2 saturated heterocycles. The topological polar surface area (TPSA) is 62.5 Å². The molecule has 3 heterocycles. The molecule has 0 aromatic carbocycles. The summed E-state index contributed by atoms with van der Waals surface area (Å²) in [5.74, 6) is 0.587. The average molecular weight is 268 g/mol. The van der Waals surface area contributed by atoms with Gasteiger partial charge in [-0.15, -0.1) is 0 Å². The summed E-state index contributed by atoms with van der Waals surface area (Å²) in [6.07, 6.45) is 4.53. The van der Waals surface area contributed by atoms with E-state index in [0.29, 0.717) is 5.82 Å². The van der Waals surface area contributed by atoms with Crippen LogP contribution in [-0.4, -0.2) is 36.1 Å². The maximum Gasteiger partial charge on any atom is 0.369 e. The molecule has 2 fully saturated rings. The molecule has 2 aliphatic heterocycles.